The molecule has 92 valence electrons. The van der Waals surface area contributed by atoms with Gasteiger partial charge in [-0.15, -0.1) is 0 Å². The van der Waals surface area contributed by atoms with Crippen molar-refractivity contribution < 1.29 is 19.1 Å². The van der Waals surface area contributed by atoms with Crippen molar-refractivity contribution in [3.8, 4) is 0 Å². The molecule has 6 heteroatoms. The Labute approximate surface area is 103 Å². The van der Waals surface area contributed by atoms with Gasteiger partial charge in [0, 0.05) is 12.6 Å². The summed E-state index contributed by atoms with van der Waals surface area (Å²) in [4.78, 5) is 23.6. The maximum Gasteiger partial charge on any atom is 0.326 e. The van der Waals surface area contributed by atoms with E-state index in [1.807, 2.05) is 0 Å². The Morgan fingerprint density at radius 3 is 2.53 bits per heavy atom. The lowest BCUT2D eigenvalue weighted by atomic mass is 10.1. The van der Waals surface area contributed by atoms with E-state index in [1.165, 1.54) is 26.1 Å². The summed E-state index contributed by atoms with van der Waals surface area (Å²) >= 11 is 5.54. The molecule has 0 saturated carbocycles. The number of benzene rings is 1. The van der Waals surface area contributed by atoms with Gasteiger partial charge in [-0.25, -0.2) is 9.18 Å². The van der Waals surface area contributed by atoms with Crippen LogP contribution >= 0.6 is 11.6 Å². The van der Waals surface area contributed by atoms with Crippen LogP contribution in [0.4, 0.5) is 4.39 Å². The summed E-state index contributed by atoms with van der Waals surface area (Å²) in [5.74, 6) is -2.27. The Hall–Kier alpha value is -1.62. The van der Waals surface area contributed by atoms with Crippen molar-refractivity contribution in [1.29, 1.82) is 0 Å². The van der Waals surface area contributed by atoms with Gasteiger partial charge >= 0.3 is 5.97 Å². The Kier molecular flexibility index (Phi) is 4.07. The van der Waals surface area contributed by atoms with Crippen LogP contribution in [-0.4, -0.2) is 35.0 Å². The molecule has 1 aromatic rings. The van der Waals surface area contributed by atoms with Gasteiger partial charge in [-0.3, -0.25) is 4.79 Å². The van der Waals surface area contributed by atoms with Crippen LogP contribution in [0.5, 0.6) is 0 Å². The second-order valence-electron chi connectivity index (χ2n) is 3.56. The fourth-order valence-electron chi connectivity index (χ4n) is 1.17. The molecule has 17 heavy (non-hydrogen) atoms. The molecule has 1 atom stereocenters. The van der Waals surface area contributed by atoms with Crippen LogP contribution < -0.4 is 0 Å². The molecule has 0 fully saturated rings. The molecule has 0 heterocycles. The largest absolute Gasteiger partial charge is 0.480 e. The highest BCUT2D eigenvalue weighted by molar-refractivity contribution is 6.31. The molecule has 0 aliphatic heterocycles. The first kappa shape index (κ1) is 13.4. The van der Waals surface area contributed by atoms with E-state index >= 15 is 0 Å². The average molecular weight is 260 g/mol. The number of nitrogens with zero attached hydrogens (tertiary/aromatic N) is 1. The van der Waals surface area contributed by atoms with Gasteiger partial charge in [-0.2, -0.15) is 0 Å². The zero-order chi connectivity index (χ0) is 13.2. The average Bonchev–Trinajstić information content (AvgIpc) is 2.29. The molecule has 1 aromatic carbocycles. The number of amides is 1. The predicted octanol–water partition coefficient (Wildman–Crippen LogP) is 2.02. The number of carbonyl (C=O) groups excluding carboxylic acids is 1. The van der Waals surface area contributed by atoms with Crippen LogP contribution in [0.25, 0.3) is 0 Å². The monoisotopic (exact) mass is 259 g/mol. The van der Waals surface area contributed by atoms with E-state index in [9.17, 15) is 14.0 Å². The van der Waals surface area contributed by atoms with E-state index in [1.54, 1.807) is 0 Å². The number of carboxylic acid groups (broad SMARTS) is 1. The summed E-state index contributed by atoms with van der Waals surface area (Å²) in [6.45, 7) is 1.38. The fraction of sp³-hybridized carbons (Fsp3) is 0.273. The molecule has 1 amide bonds. The maximum absolute atomic E-state index is 12.9. The van der Waals surface area contributed by atoms with E-state index in [2.05, 4.69) is 0 Å². The van der Waals surface area contributed by atoms with Crippen molar-refractivity contribution in [2.75, 3.05) is 7.05 Å². The first-order valence-electron chi connectivity index (χ1n) is 4.79. The smallest absolute Gasteiger partial charge is 0.326 e. The fourth-order valence-corrected chi connectivity index (χ4v) is 1.35. The Morgan fingerprint density at radius 1 is 1.47 bits per heavy atom. The molecule has 0 aromatic heterocycles. The minimum absolute atomic E-state index is 0.145. The first-order valence-corrected chi connectivity index (χ1v) is 5.17. The quantitative estimate of drug-likeness (QED) is 0.904. The lowest BCUT2D eigenvalue weighted by Crippen LogP contribution is -2.40. The third-order valence-corrected chi connectivity index (χ3v) is 2.71. The highest BCUT2D eigenvalue weighted by Gasteiger charge is 2.23. The van der Waals surface area contributed by atoms with E-state index in [-0.39, 0.29) is 10.6 Å². The van der Waals surface area contributed by atoms with Crippen LogP contribution in [0.1, 0.15) is 17.3 Å². The Bertz CT molecular complexity index is 464. The molecule has 0 aliphatic carbocycles. The molecule has 0 bridgehead atoms. The third kappa shape index (κ3) is 2.94. The summed E-state index contributed by atoms with van der Waals surface area (Å²) in [6.07, 6.45) is 0. The summed E-state index contributed by atoms with van der Waals surface area (Å²) < 4.78 is 12.9. The zero-order valence-corrected chi connectivity index (χ0v) is 10.0. The number of halogens is 2. The summed E-state index contributed by atoms with van der Waals surface area (Å²) in [6, 6.07) is 2.53. The molecule has 0 spiro atoms. The second-order valence-corrected chi connectivity index (χ2v) is 3.97. The SMILES string of the molecule is C[C@@H](C(=O)O)N(C)C(=O)c1ccc(F)c(Cl)c1. The summed E-state index contributed by atoms with van der Waals surface area (Å²) in [5, 5.41) is 8.59. The van der Waals surface area contributed by atoms with Gasteiger partial charge in [-0.05, 0) is 25.1 Å². The number of carbonyl (C=O) groups is 2. The Morgan fingerprint density at radius 2 is 2.06 bits per heavy atom. The second kappa shape index (κ2) is 5.14. The van der Waals surface area contributed by atoms with Crippen molar-refractivity contribution in [1.82, 2.24) is 4.90 Å². The zero-order valence-electron chi connectivity index (χ0n) is 9.28. The van der Waals surface area contributed by atoms with E-state index in [4.69, 9.17) is 16.7 Å². The van der Waals surface area contributed by atoms with Crippen molar-refractivity contribution in [2.45, 2.75) is 13.0 Å². The number of hydrogen-bond acceptors (Lipinski definition) is 2. The predicted molar refractivity (Wildman–Crippen MR) is 60.6 cm³/mol. The van der Waals surface area contributed by atoms with Crippen LogP contribution in [0.15, 0.2) is 18.2 Å². The molecule has 4 nitrogen and oxygen atoms in total. The molecular weight excluding hydrogens is 249 g/mol. The summed E-state index contributed by atoms with van der Waals surface area (Å²) in [5.41, 5.74) is 0.145. The van der Waals surface area contributed by atoms with Crippen LogP contribution in [0.2, 0.25) is 5.02 Å². The Balaban J connectivity index is 2.96. The van der Waals surface area contributed by atoms with Gasteiger partial charge in [0.2, 0.25) is 0 Å². The number of aliphatic carboxylic acids is 1. The van der Waals surface area contributed by atoms with E-state index < -0.39 is 23.7 Å². The number of hydrogen-bond donors (Lipinski definition) is 1. The molecule has 1 N–H and O–H groups in total. The van der Waals surface area contributed by atoms with Gasteiger partial charge in [0.05, 0.1) is 5.02 Å². The molecule has 0 aliphatic rings. The standard InChI is InChI=1S/C11H11ClFNO3/c1-6(11(16)17)14(2)10(15)7-3-4-9(13)8(12)5-7/h3-6H,1-2H3,(H,16,17)/t6-/m0/s1. The number of likely N-dealkylation sites (N-methyl/N-ethyl adjacent to an activating group) is 1. The van der Waals surface area contributed by atoms with Crippen molar-refractivity contribution in [3.05, 3.63) is 34.6 Å². The van der Waals surface area contributed by atoms with Crippen LogP contribution in [0, 0.1) is 5.82 Å². The van der Waals surface area contributed by atoms with Gasteiger partial charge in [0.25, 0.3) is 5.91 Å². The van der Waals surface area contributed by atoms with Crippen molar-refractivity contribution >= 4 is 23.5 Å². The lowest BCUT2D eigenvalue weighted by molar-refractivity contribution is -0.141. The van der Waals surface area contributed by atoms with Gasteiger partial charge in [0.15, 0.2) is 0 Å². The molecule has 0 radical (unpaired) electrons. The number of carboxylic acids is 1. The van der Waals surface area contributed by atoms with Crippen LogP contribution in [0.3, 0.4) is 0 Å². The normalized spacial score (nSPS) is 12.0. The van der Waals surface area contributed by atoms with E-state index in [0.29, 0.717) is 0 Å². The van der Waals surface area contributed by atoms with E-state index in [0.717, 1.165) is 11.0 Å². The third-order valence-electron chi connectivity index (χ3n) is 2.43. The van der Waals surface area contributed by atoms with Gasteiger partial charge in [0.1, 0.15) is 11.9 Å². The summed E-state index contributed by atoms with van der Waals surface area (Å²) in [7, 11) is 1.36. The minimum Gasteiger partial charge on any atom is -0.480 e. The first-order chi connectivity index (χ1) is 7.84. The molecule has 1 rings (SSSR count). The minimum atomic E-state index is -1.12. The topological polar surface area (TPSA) is 57.6 Å². The highest BCUT2D eigenvalue weighted by Crippen LogP contribution is 2.17. The van der Waals surface area contributed by atoms with Crippen molar-refractivity contribution in [3.63, 3.8) is 0 Å². The lowest BCUT2D eigenvalue weighted by Gasteiger charge is -2.21. The van der Waals surface area contributed by atoms with Gasteiger partial charge in [-0.1, -0.05) is 11.6 Å². The van der Waals surface area contributed by atoms with Crippen LogP contribution in [-0.2, 0) is 4.79 Å². The maximum atomic E-state index is 12.9. The molecular formula is C11H11ClFNO3. The highest BCUT2D eigenvalue weighted by atomic mass is 35.5. The molecule has 0 unspecified atom stereocenters. The molecule has 0 saturated heterocycles. The van der Waals surface area contributed by atoms with Crippen molar-refractivity contribution in [2.24, 2.45) is 0 Å². The van der Waals surface area contributed by atoms with Gasteiger partial charge < -0.3 is 10.0 Å². The number of rotatable bonds is 3.